The Morgan fingerprint density at radius 2 is 1.84 bits per heavy atom. The standard InChI is InChI=1S/C25H29IN2O3/c1-3-17-28(25(30)21-11-7-8-12-22(21)26)23(18-13-15-20(31-2)16-14-18)24(29)27-19-9-5-4-6-10-19/h3,7-8,11-16,19,23H,1,4-6,9-10,17H2,2H3,(H,27,29). The van der Waals surface area contributed by atoms with Gasteiger partial charge in [0.05, 0.1) is 12.7 Å². The van der Waals surface area contributed by atoms with Crippen molar-refractivity contribution in [2.45, 2.75) is 44.2 Å². The first-order valence-electron chi connectivity index (χ1n) is 10.7. The molecule has 0 aromatic heterocycles. The molecule has 164 valence electrons. The maximum atomic E-state index is 13.6. The maximum absolute atomic E-state index is 13.6. The van der Waals surface area contributed by atoms with Gasteiger partial charge in [0, 0.05) is 16.2 Å². The number of nitrogens with one attached hydrogen (secondary N) is 1. The molecule has 1 unspecified atom stereocenters. The first kappa shape index (κ1) is 23.3. The number of nitrogens with zero attached hydrogens (tertiary/aromatic N) is 1. The summed E-state index contributed by atoms with van der Waals surface area (Å²) in [5.41, 5.74) is 1.32. The Kier molecular flexibility index (Phi) is 8.51. The first-order chi connectivity index (χ1) is 15.0. The molecule has 5 nitrogen and oxygen atoms in total. The molecule has 0 aliphatic heterocycles. The van der Waals surface area contributed by atoms with Gasteiger partial charge in [-0.15, -0.1) is 6.58 Å². The minimum atomic E-state index is -0.755. The minimum absolute atomic E-state index is 0.152. The van der Waals surface area contributed by atoms with Crippen molar-refractivity contribution in [1.82, 2.24) is 10.2 Å². The number of amides is 2. The molecule has 3 rings (SSSR count). The van der Waals surface area contributed by atoms with Gasteiger partial charge < -0.3 is 15.0 Å². The highest BCUT2D eigenvalue weighted by atomic mass is 127. The van der Waals surface area contributed by atoms with Crippen LogP contribution in [0.1, 0.15) is 54.1 Å². The second kappa shape index (κ2) is 11.3. The Morgan fingerprint density at radius 3 is 2.45 bits per heavy atom. The fraction of sp³-hybridized carbons (Fsp3) is 0.360. The van der Waals surface area contributed by atoms with Crippen LogP contribution in [-0.4, -0.2) is 36.4 Å². The molecule has 0 radical (unpaired) electrons. The van der Waals surface area contributed by atoms with E-state index in [9.17, 15) is 9.59 Å². The fourth-order valence-electron chi connectivity index (χ4n) is 4.02. The number of benzene rings is 2. The Morgan fingerprint density at radius 1 is 1.16 bits per heavy atom. The van der Waals surface area contributed by atoms with Gasteiger partial charge in [-0.3, -0.25) is 9.59 Å². The largest absolute Gasteiger partial charge is 0.497 e. The van der Waals surface area contributed by atoms with Crippen LogP contribution in [0, 0.1) is 3.57 Å². The van der Waals surface area contributed by atoms with E-state index in [2.05, 4.69) is 34.5 Å². The van der Waals surface area contributed by atoms with Crippen LogP contribution in [0.3, 0.4) is 0 Å². The summed E-state index contributed by atoms with van der Waals surface area (Å²) in [6.07, 6.45) is 7.07. The predicted octanol–water partition coefficient (Wildman–Crippen LogP) is 5.12. The van der Waals surface area contributed by atoms with Crippen molar-refractivity contribution in [3.63, 3.8) is 0 Å². The van der Waals surface area contributed by atoms with Crippen LogP contribution in [0.5, 0.6) is 5.75 Å². The Labute approximate surface area is 198 Å². The lowest BCUT2D eigenvalue weighted by Gasteiger charge is -2.33. The number of carbonyl (C=O) groups excluding carboxylic acids is 2. The lowest BCUT2D eigenvalue weighted by atomic mass is 9.94. The quantitative estimate of drug-likeness (QED) is 0.380. The summed E-state index contributed by atoms with van der Waals surface area (Å²) in [6, 6.07) is 14.2. The number of halogens is 1. The summed E-state index contributed by atoms with van der Waals surface area (Å²) in [5.74, 6) is 0.358. The molecule has 31 heavy (non-hydrogen) atoms. The number of hydrogen-bond donors (Lipinski definition) is 1. The molecule has 6 heteroatoms. The lowest BCUT2D eigenvalue weighted by molar-refractivity contribution is -0.126. The summed E-state index contributed by atoms with van der Waals surface area (Å²) in [6.45, 7) is 4.09. The van der Waals surface area contributed by atoms with Gasteiger partial charge in [0.1, 0.15) is 11.8 Å². The Hall–Kier alpha value is -2.35. The highest BCUT2D eigenvalue weighted by molar-refractivity contribution is 14.1. The molecular formula is C25H29IN2O3. The number of hydrogen-bond acceptors (Lipinski definition) is 3. The number of methoxy groups -OCH3 is 1. The molecule has 0 saturated heterocycles. The minimum Gasteiger partial charge on any atom is -0.497 e. The van der Waals surface area contributed by atoms with Gasteiger partial charge in [-0.25, -0.2) is 0 Å². The summed E-state index contributed by atoms with van der Waals surface area (Å²) in [4.78, 5) is 28.7. The van der Waals surface area contributed by atoms with Gasteiger partial charge in [0.15, 0.2) is 0 Å². The zero-order valence-corrected chi connectivity index (χ0v) is 20.0. The summed E-state index contributed by atoms with van der Waals surface area (Å²) < 4.78 is 6.12. The number of rotatable bonds is 8. The maximum Gasteiger partial charge on any atom is 0.256 e. The second-order valence-corrected chi connectivity index (χ2v) is 8.91. The van der Waals surface area contributed by atoms with E-state index in [1.54, 1.807) is 24.2 Å². The Bertz CT molecular complexity index is 907. The van der Waals surface area contributed by atoms with Crippen molar-refractivity contribution >= 4 is 34.4 Å². The number of carbonyl (C=O) groups is 2. The van der Waals surface area contributed by atoms with Crippen LogP contribution >= 0.6 is 22.6 Å². The van der Waals surface area contributed by atoms with Gasteiger partial charge in [-0.2, -0.15) is 0 Å². The third kappa shape index (κ3) is 5.87. The van der Waals surface area contributed by atoms with Crippen molar-refractivity contribution in [2.24, 2.45) is 0 Å². The third-order valence-corrected chi connectivity index (χ3v) is 6.57. The third-order valence-electron chi connectivity index (χ3n) is 5.63. The molecule has 2 aromatic carbocycles. The van der Waals surface area contributed by atoms with Crippen LogP contribution < -0.4 is 10.1 Å². The predicted molar refractivity (Wildman–Crippen MR) is 131 cm³/mol. The molecule has 1 aliphatic carbocycles. The van der Waals surface area contributed by atoms with Crippen molar-refractivity contribution in [1.29, 1.82) is 0 Å². The van der Waals surface area contributed by atoms with Gasteiger partial charge in [-0.05, 0) is 65.3 Å². The molecule has 0 spiro atoms. The molecule has 1 N–H and O–H groups in total. The Balaban J connectivity index is 1.97. The topological polar surface area (TPSA) is 58.6 Å². The average Bonchev–Trinajstić information content (AvgIpc) is 2.80. The zero-order valence-electron chi connectivity index (χ0n) is 17.9. The van der Waals surface area contributed by atoms with E-state index in [-0.39, 0.29) is 24.4 Å². The normalized spacial score (nSPS) is 15.0. The highest BCUT2D eigenvalue weighted by Crippen LogP contribution is 2.28. The van der Waals surface area contributed by atoms with E-state index in [1.165, 1.54) is 6.42 Å². The first-order valence-corrected chi connectivity index (χ1v) is 11.7. The molecule has 1 atom stereocenters. The number of ether oxygens (including phenoxy) is 1. The van der Waals surface area contributed by atoms with Gasteiger partial charge in [0.2, 0.25) is 5.91 Å². The smallest absolute Gasteiger partial charge is 0.256 e. The molecule has 2 aromatic rings. The fourth-order valence-corrected chi connectivity index (χ4v) is 4.64. The molecule has 1 aliphatic rings. The van der Waals surface area contributed by atoms with Gasteiger partial charge >= 0.3 is 0 Å². The highest BCUT2D eigenvalue weighted by Gasteiger charge is 2.33. The zero-order chi connectivity index (χ0) is 22.2. The molecule has 0 bridgehead atoms. The molecule has 0 heterocycles. The van der Waals surface area contributed by atoms with Crippen molar-refractivity contribution in [3.8, 4) is 5.75 Å². The van der Waals surface area contributed by atoms with E-state index < -0.39 is 6.04 Å². The van der Waals surface area contributed by atoms with Gasteiger partial charge in [0.25, 0.3) is 5.91 Å². The van der Waals surface area contributed by atoms with Crippen LogP contribution in [0.15, 0.2) is 61.2 Å². The van der Waals surface area contributed by atoms with E-state index in [0.717, 1.165) is 34.8 Å². The van der Waals surface area contributed by atoms with Crippen LogP contribution in [-0.2, 0) is 4.79 Å². The van der Waals surface area contributed by atoms with Gasteiger partial charge in [-0.1, -0.05) is 49.6 Å². The van der Waals surface area contributed by atoms with Crippen LogP contribution in [0.25, 0.3) is 0 Å². The van der Waals surface area contributed by atoms with Crippen molar-refractivity contribution < 1.29 is 14.3 Å². The second-order valence-electron chi connectivity index (χ2n) is 7.75. The lowest BCUT2D eigenvalue weighted by Crippen LogP contribution is -2.47. The summed E-state index contributed by atoms with van der Waals surface area (Å²) in [7, 11) is 1.60. The monoisotopic (exact) mass is 532 g/mol. The molecule has 1 saturated carbocycles. The van der Waals surface area contributed by atoms with E-state index >= 15 is 0 Å². The molecule has 2 amide bonds. The van der Waals surface area contributed by atoms with Crippen LogP contribution in [0.4, 0.5) is 0 Å². The van der Waals surface area contributed by atoms with Crippen LogP contribution in [0.2, 0.25) is 0 Å². The van der Waals surface area contributed by atoms with Crippen molar-refractivity contribution in [3.05, 3.63) is 75.9 Å². The van der Waals surface area contributed by atoms with Crippen molar-refractivity contribution in [2.75, 3.05) is 13.7 Å². The SMILES string of the molecule is C=CCN(C(=O)c1ccccc1I)C(C(=O)NC1CCCCC1)c1ccc(OC)cc1. The molecular weight excluding hydrogens is 503 g/mol. The summed E-state index contributed by atoms with van der Waals surface area (Å²) in [5, 5.41) is 3.21. The summed E-state index contributed by atoms with van der Waals surface area (Å²) >= 11 is 2.16. The van der Waals surface area contributed by atoms with E-state index in [4.69, 9.17) is 4.74 Å². The average molecular weight is 532 g/mol. The van der Waals surface area contributed by atoms with E-state index in [0.29, 0.717) is 11.3 Å². The molecule has 1 fully saturated rings. The van der Waals surface area contributed by atoms with E-state index in [1.807, 2.05) is 42.5 Å².